The molecule has 1 amide bonds. The van der Waals surface area contributed by atoms with E-state index < -0.39 is 30.0 Å². The molecule has 2 aromatic rings. The molecule has 3 N–H and O–H groups in total. The van der Waals surface area contributed by atoms with E-state index in [9.17, 15) is 22.8 Å². The molecular formula is C16H15F3N2O4. The number of ether oxygens (including phenoxy) is 1. The molecule has 0 bridgehead atoms. The molecule has 25 heavy (non-hydrogen) atoms. The van der Waals surface area contributed by atoms with Crippen molar-refractivity contribution in [2.24, 2.45) is 0 Å². The van der Waals surface area contributed by atoms with E-state index in [4.69, 9.17) is 5.11 Å². The molecule has 1 atom stereocenters. The highest BCUT2D eigenvalue weighted by molar-refractivity contribution is 5.99. The van der Waals surface area contributed by atoms with Gasteiger partial charge in [-0.2, -0.15) is 0 Å². The number of rotatable bonds is 6. The van der Waals surface area contributed by atoms with Gasteiger partial charge in [0.1, 0.15) is 17.5 Å². The molecule has 6 nitrogen and oxygen atoms in total. The van der Waals surface area contributed by atoms with E-state index in [1.807, 2.05) is 0 Å². The number of H-pyrrole nitrogens is 1. The van der Waals surface area contributed by atoms with Crippen LogP contribution in [0.1, 0.15) is 23.8 Å². The van der Waals surface area contributed by atoms with Gasteiger partial charge in [-0.1, -0.05) is 12.2 Å². The third-order valence-corrected chi connectivity index (χ3v) is 3.28. The van der Waals surface area contributed by atoms with Crippen molar-refractivity contribution in [2.45, 2.75) is 25.7 Å². The second kappa shape index (κ2) is 7.29. The Balaban J connectivity index is 2.19. The maximum atomic E-state index is 12.2. The molecule has 134 valence electrons. The molecule has 0 aliphatic heterocycles. The molecule has 0 saturated heterocycles. The third kappa shape index (κ3) is 5.00. The Bertz CT molecular complexity index is 811. The van der Waals surface area contributed by atoms with Crippen LogP contribution in [0.2, 0.25) is 0 Å². The van der Waals surface area contributed by atoms with Gasteiger partial charge in [0, 0.05) is 17.0 Å². The van der Waals surface area contributed by atoms with Crippen LogP contribution < -0.4 is 10.1 Å². The number of hydrogen-bond acceptors (Lipinski definition) is 3. The normalized spacial score (nSPS) is 13.1. The molecule has 0 saturated carbocycles. The van der Waals surface area contributed by atoms with Crippen molar-refractivity contribution in [1.29, 1.82) is 0 Å². The van der Waals surface area contributed by atoms with Crippen molar-refractivity contribution in [3.05, 3.63) is 42.1 Å². The Morgan fingerprint density at radius 2 is 2.08 bits per heavy atom. The van der Waals surface area contributed by atoms with Crippen molar-refractivity contribution in [3.63, 3.8) is 0 Å². The molecule has 1 aromatic carbocycles. The number of carboxylic acid groups (broad SMARTS) is 1. The van der Waals surface area contributed by atoms with Crippen molar-refractivity contribution in [1.82, 2.24) is 10.3 Å². The van der Waals surface area contributed by atoms with E-state index in [2.05, 4.69) is 15.0 Å². The Labute approximate surface area is 140 Å². The van der Waals surface area contributed by atoms with Crippen LogP contribution >= 0.6 is 0 Å². The van der Waals surface area contributed by atoms with E-state index in [0.29, 0.717) is 5.39 Å². The number of aromatic amines is 1. The van der Waals surface area contributed by atoms with Crippen LogP contribution in [0.3, 0.4) is 0 Å². The van der Waals surface area contributed by atoms with E-state index in [1.54, 1.807) is 19.1 Å². The van der Waals surface area contributed by atoms with Crippen LogP contribution in [0, 0.1) is 0 Å². The molecule has 0 spiro atoms. The summed E-state index contributed by atoms with van der Waals surface area (Å²) in [5, 5.41) is 11.9. The minimum atomic E-state index is -4.82. The van der Waals surface area contributed by atoms with E-state index in [-0.39, 0.29) is 17.6 Å². The average molecular weight is 356 g/mol. The van der Waals surface area contributed by atoms with E-state index in [1.165, 1.54) is 12.1 Å². The van der Waals surface area contributed by atoms with Crippen molar-refractivity contribution >= 4 is 22.8 Å². The Kier molecular flexibility index (Phi) is 5.35. The smallest absolute Gasteiger partial charge is 0.480 e. The number of hydrogen-bond donors (Lipinski definition) is 3. The molecule has 0 radical (unpaired) electrons. The standard InChI is InChI=1S/C16H15F3N2O4/c1-2-3-4-11(15(23)24)21-14(22)13-7-9-5-6-10(8-12(9)20-13)25-16(17,18)19/h2-3,5-8,11,20H,4H2,1H3,(H,21,22)(H,23,24)/b3-2+. The molecule has 1 unspecified atom stereocenters. The number of alkyl halides is 3. The summed E-state index contributed by atoms with van der Waals surface area (Å²) in [4.78, 5) is 26.0. The number of carbonyl (C=O) groups is 2. The second-order valence-electron chi connectivity index (χ2n) is 5.15. The van der Waals surface area contributed by atoms with Crippen LogP contribution in [0.5, 0.6) is 5.75 Å². The predicted molar refractivity (Wildman–Crippen MR) is 83.3 cm³/mol. The summed E-state index contributed by atoms with van der Waals surface area (Å²) in [7, 11) is 0. The summed E-state index contributed by atoms with van der Waals surface area (Å²) >= 11 is 0. The lowest BCUT2D eigenvalue weighted by Gasteiger charge is -2.11. The molecule has 2 rings (SSSR count). The van der Waals surface area contributed by atoms with Gasteiger partial charge in [-0.05, 0) is 31.5 Å². The summed E-state index contributed by atoms with van der Waals surface area (Å²) < 4.78 is 40.5. The molecule has 0 fully saturated rings. The summed E-state index contributed by atoms with van der Waals surface area (Å²) in [6.45, 7) is 1.72. The summed E-state index contributed by atoms with van der Waals surface area (Å²) in [5.41, 5.74) is 0.290. The van der Waals surface area contributed by atoms with Gasteiger partial charge >= 0.3 is 12.3 Å². The zero-order valence-electron chi connectivity index (χ0n) is 13.1. The van der Waals surface area contributed by atoms with Gasteiger partial charge in [-0.15, -0.1) is 13.2 Å². The second-order valence-corrected chi connectivity index (χ2v) is 5.15. The fourth-order valence-corrected chi connectivity index (χ4v) is 2.16. The lowest BCUT2D eigenvalue weighted by atomic mass is 10.2. The fourth-order valence-electron chi connectivity index (χ4n) is 2.16. The Morgan fingerprint density at radius 3 is 2.68 bits per heavy atom. The number of halogens is 3. The maximum absolute atomic E-state index is 12.2. The van der Waals surface area contributed by atoms with Crippen LogP contribution in [0.15, 0.2) is 36.4 Å². The lowest BCUT2D eigenvalue weighted by Crippen LogP contribution is -2.40. The van der Waals surface area contributed by atoms with Gasteiger partial charge in [-0.3, -0.25) is 4.79 Å². The van der Waals surface area contributed by atoms with Gasteiger partial charge in [0.2, 0.25) is 0 Å². The zero-order valence-corrected chi connectivity index (χ0v) is 13.1. The van der Waals surface area contributed by atoms with Crippen LogP contribution in [0.25, 0.3) is 10.9 Å². The van der Waals surface area contributed by atoms with Crippen molar-refractivity contribution in [3.8, 4) is 5.75 Å². The maximum Gasteiger partial charge on any atom is 0.573 e. The summed E-state index contributed by atoms with van der Waals surface area (Å²) in [6.07, 6.45) is -1.44. The largest absolute Gasteiger partial charge is 0.573 e. The van der Waals surface area contributed by atoms with Gasteiger partial charge in [0.15, 0.2) is 0 Å². The number of aliphatic carboxylic acids is 1. The third-order valence-electron chi connectivity index (χ3n) is 3.28. The number of carbonyl (C=O) groups excluding carboxylic acids is 1. The van der Waals surface area contributed by atoms with E-state index >= 15 is 0 Å². The number of carboxylic acids is 1. The number of nitrogens with one attached hydrogen (secondary N) is 2. The van der Waals surface area contributed by atoms with Gasteiger partial charge in [0.25, 0.3) is 5.91 Å². The quantitative estimate of drug-likeness (QED) is 0.693. The number of amides is 1. The highest BCUT2D eigenvalue weighted by Gasteiger charge is 2.31. The molecule has 1 heterocycles. The zero-order chi connectivity index (χ0) is 18.6. The number of benzene rings is 1. The van der Waals surface area contributed by atoms with Crippen molar-refractivity contribution in [2.75, 3.05) is 0 Å². The van der Waals surface area contributed by atoms with Crippen molar-refractivity contribution < 1.29 is 32.6 Å². The minimum Gasteiger partial charge on any atom is -0.480 e. The summed E-state index contributed by atoms with van der Waals surface area (Å²) in [5.74, 6) is -2.29. The highest BCUT2D eigenvalue weighted by Crippen LogP contribution is 2.26. The lowest BCUT2D eigenvalue weighted by molar-refractivity contribution is -0.274. The molecule has 1 aromatic heterocycles. The van der Waals surface area contributed by atoms with Crippen LogP contribution in [-0.4, -0.2) is 34.4 Å². The molecule has 0 aliphatic carbocycles. The Morgan fingerprint density at radius 1 is 1.36 bits per heavy atom. The topological polar surface area (TPSA) is 91.4 Å². The highest BCUT2D eigenvalue weighted by atomic mass is 19.4. The molecule has 0 aliphatic rings. The van der Waals surface area contributed by atoms with Gasteiger partial charge in [0.05, 0.1) is 0 Å². The van der Waals surface area contributed by atoms with E-state index in [0.717, 1.165) is 12.1 Å². The van der Waals surface area contributed by atoms with Crippen LogP contribution in [-0.2, 0) is 4.79 Å². The average Bonchev–Trinajstić information content (AvgIpc) is 2.92. The Hall–Kier alpha value is -2.97. The molecule has 9 heteroatoms. The fraction of sp³-hybridized carbons (Fsp3) is 0.250. The number of allylic oxidation sites excluding steroid dienone is 1. The summed E-state index contributed by atoms with van der Waals surface area (Å²) in [6, 6.07) is 3.89. The number of aromatic nitrogens is 1. The van der Waals surface area contributed by atoms with Crippen LogP contribution in [0.4, 0.5) is 13.2 Å². The predicted octanol–water partition coefficient (Wildman–Crippen LogP) is 3.22. The first-order chi connectivity index (χ1) is 11.7. The van der Waals surface area contributed by atoms with Gasteiger partial charge in [-0.25, -0.2) is 4.79 Å². The molecular weight excluding hydrogens is 341 g/mol. The minimum absolute atomic E-state index is 0.0332. The monoisotopic (exact) mass is 356 g/mol. The first-order valence-corrected chi connectivity index (χ1v) is 7.23. The van der Waals surface area contributed by atoms with Gasteiger partial charge < -0.3 is 20.1 Å². The first-order valence-electron chi connectivity index (χ1n) is 7.23. The first kappa shape index (κ1) is 18.4. The number of fused-ring (bicyclic) bond motifs is 1. The SMILES string of the molecule is C/C=C/CC(NC(=O)c1cc2ccc(OC(F)(F)F)cc2[nH]1)C(=O)O.